The topological polar surface area (TPSA) is 57.7 Å². The van der Waals surface area contributed by atoms with Crippen molar-refractivity contribution in [1.82, 2.24) is 9.21 Å². The van der Waals surface area contributed by atoms with Crippen LogP contribution in [0.4, 0.5) is 0 Å². The predicted molar refractivity (Wildman–Crippen MR) is 85.0 cm³/mol. The molecule has 1 saturated heterocycles. The minimum absolute atomic E-state index is 0.000340. The van der Waals surface area contributed by atoms with Gasteiger partial charge in [-0.2, -0.15) is 4.31 Å². The van der Waals surface area contributed by atoms with Crippen LogP contribution in [0.5, 0.6) is 0 Å². The molecule has 3 rings (SSSR count). The Morgan fingerprint density at radius 3 is 2.45 bits per heavy atom. The molecular weight excluding hydrogens is 300 g/mol. The second kappa shape index (κ2) is 6.01. The minimum atomic E-state index is -3.41. The van der Waals surface area contributed by atoms with Gasteiger partial charge in [0.25, 0.3) is 0 Å². The molecule has 120 valence electrons. The molecule has 1 aliphatic carbocycles. The van der Waals surface area contributed by atoms with E-state index >= 15 is 0 Å². The molecule has 0 bridgehead atoms. The van der Waals surface area contributed by atoms with E-state index < -0.39 is 10.0 Å². The summed E-state index contributed by atoms with van der Waals surface area (Å²) in [6.07, 6.45) is 2.12. The first kappa shape index (κ1) is 15.5. The van der Waals surface area contributed by atoms with Crippen molar-refractivity contribution >= 4 is 15.9 Å². The number of carbonyl (C=O) groups excluding carboxylic acids is 1. The lowest BCUT2D eigenvalue weighted by Crippen LogP contribution is -2.53. The van der Waals surface area contributed by atoms with Crippen molar-refractivity contribution in [2.75, 3.05) is 25.4 Å². The number of rotatable bonds is 5. The standard InChI is InChI=1S/C16H22N2O3S/c1-13(14-5-3-2-4-6-14)12-22(20,21)17-9-10-18(15-7-8-15)16(19)11-17/h2-6,13,15H,7-12H2,1H3/t13-/m0/s1. The summed E-state index contributed by atoms with van der Waals surface area (Å²) in [5.74, 6) is -0.0827. The molecule has 6 heteroatoms. The smallest absolute Gasteiger partial charge is 0.238 e. The molecular formula is C16H22N2O3S. The first-order valence-electron chi connectivity index (χ1n) is 7.79. The normalized spacial score (nSPS) is 21.9. The van der Waals surface area contributed by atoms with Crippen LogP contribution in [0.3, 0.4) is 0 Å². The largest absolute Gasteiger partial charge is 0.337 e. The van der Waals surface area contributed by atoms with Crippen LogP contribution in [0.15, 0.2) is 30.3 Å². The Morgan fingerprint density at radius 1 is 1.18 bits per heavy atom. The molecule has 1 aromatic carbocycles. The SMILES string of the molecule is C[C@@H](CS(=O)(=O)N1CCN(C2CC2)C(=O)C1)c1ccccc1. The number of hydrogen-bond acceptors (Lipinski definition) is 3. The van der Waals surface area contributed by atoms with Crippen LogP contribution in [0, 0.1) is 0 Å². The van der Waals surface area contributed by atoms with Gasteiger partial charge in [0.1, 0.15) is 0 Å². The lowest BCUT2D eigenvalue weighted by Gasteiger charge is -2.34. The van der Waals surface area contributed by atoms with Crippen molar-refractivity contribution in [3.8, 4) is 0 Å². The highest BCUT2D eigenvalue weighted by atomic mass is 32.2. The Bertz CT molecular complexity index is 641. The van der Waals surface area contributed by atoms with E-state index in [-0.39, 0.29) is 24.1 Å². The molecule has 0 spiro atoms. The van der Waals surface area contributed by atoms with Crippen LogP contribution in [0.25, 0.3) is 0 Å². The van der Waals surface area contributed by atoms with Crippen LogP contribution in [-0.4, -0.2) is 55.0 Å². The molecule has 1 aromatic rings. The molecule has 0 radical (unpaired) electrons. The lowest BCUT2D eigenvalue weighted by molar-refractivity contribution is -0.134. The number of benzene rings is 1. The fraction of sp³-hybridized carbons (Fsp3) is 0.562. The third kappa shape index (κ3) is 3.33. The van der Waals surface area contributed by atoms with Gasteiger partial charge < -0.3 is 4.90 Å². The van der Waals surface area contributed by atoms with Crippen LogP contribution < -0.4 is 0 Å². The third-order valence-corrected chi connectivity index (χ3v) is 6.45. The van der Waals surface area contributed by atoms with E-state index in [1.54, 1.807) is 0 Å². The summed E-state index contributed by atoms with van der Waals surface area (Å²) in [6.45, 7) is 2.87. The zero-order valence-electron chi connectivity index (χ0n) is 12.8. The second-order valence-electron chi connectivity index (χ2n) is 6.24. The maximum atomic E-state index is 12.6. The van der Waals surface area contributed by atoms with E-state index in [0.717, 1.165) is 18.4 Å². The van der Waals surface area contributed by atoms with Crippen molar-refractivity contribution in [3.05, 3.63) is 35.9 Å². The molecule has 1 aliphatic heterocycles. The van der Waals surface area contributed by atoms with Crippen molar-refractivity contribution in [1.29, 1.82) is 0 Å². The third-order valence-electron chi connectivity index (χ3n) is 4.43. The summed E-state index contributed by atoms with van der Waals surface area (Å²) in [5.41, 5.74) is 1.01. The average Bonchev–Trinajstić information content (AvgIpc) is 3.32. The van der Waals surface area contributed by atoms with E-state index in [2.05, 4.69) is 0 Å². The molecule has 1 atom stereocenters. The molecule has 1 heterocycles. The van der Waals surface area contributed by atoms with Gasteiger partial charge in [-0.05, 0) is 24.3 Å². The van der Waals surface area contributed by atoms with E-state index in [9.17, 15) is 13.2 Å². The van der Waals surface area contributed by atoms with Gasteiger partial charge in [-0.25, -0.2) is 8.42 Å². The molecule has 1 saturated carbocycles. The highest BCUT2D eigenvalue weighted by Crippen LogP contribution is 2.29. The van der Waals surface area contributed by atoms with Gasteiger partial charge in [-0.3, -0.25) is 4.79 Å². The van der Waals surface area contributed by atoms with Crippen molar-refractivity contribution in [3.63, 3.8) is 0 Å². The van der Waals surface area contributed by atoms with Gasteiger partial charge in [0.2, 0.25) is 15.9 Å². The van der Waals surface area contributed by atoms with Gasteiger partial charge in [0.05, 0.1) is 12.3 Å². The Morgan fingerprint density at radius 2 is 1.86 bits per heavy atom. The van der Waals surface area contributed by atoms with Gasteiger partial charge in [-0.1, -0.05) is 37.3 Å². The number of carbonyl (C=O) groups is 1. The summed E-state index contributed by atoms with van der Waals surface area (Å²) in [6, 6.07) is 9.99. The zero-order chi connectivity index (χ0) is 15.7. The number of piperazine rings is 1. The van der Waals surface area contributed by atoms with Crippen LogP contribution in [0.2, 0.25) is 0 Å². The highest BCUT2D eigenvalue weighted by molar-refractivity contribution is 7.89. The van der Waals surface area contributed by atoms with Crippen molar-refractivity contribution in [2.45, 2.75) is 31.7 Å². The first-order valence-corrected chi connectivity index (χ1v) is 9.40. The van der Waals surface area contributed by atoms with Gasteiger partial charge in [0, 0.05) is 19.1 Å². The Balaban J connectivity index is 1.64. The number of hydrogen-bond donors (Lipinski definition) is 0. The zero-order valence-corrected chi connectivity index (χ0v) is 13.6. The van der Waals surface area contributed by atoms with Gasteiger partial charge in [0.15, 0.2) is 0 Å². The van der Waals surface area contributed by atoms with Crippen LogP contribution in [-0.2, 0) is 14.8 Å². The molecule has 5 nitrogen and oxygen atoms in total. The van der Waals surface area contributed by atoms with Gasteiger partial charge >= 0.3 is 0 Å². The Hall–Kier alpha value is -1.40. The van der Waals surface area contributed by atoms with Crippen molar-refractivity contribution in [2.24, 2.45) is 0 Å². The maximum Gasteiger partial charge on any atom is 0.238 e. The Labute approximate surface area is 132 Å². The van der Waals surface area contributed by atoms with Gasteiger partial charge in [-0.15, -0.1) is 0 Å². The minimum Gasteiger partial charge on any atom is -0.337 e. The quantitative estimate of drug-likeness (QED) is 0.824. The van der Waals surface area contributed by atoms with Crippen LogP contribution >= 0.6 is 0 Å². The Kier molecular flexibility index (Phi) is 4.23. The molecule has 0 aromatic heterocycles. The summed E-state index contributed by atoms with van der Waals surface area (Å²) >= 11 is 0. The number of amides is 1. The molecule has 22 heavy (non-hydrogen) atoms. The fourth-order valence-electron chi connectivity index (χ4n) is 2.97. The second-order valence-corrected chi connectivity index (χ2v) is 8.26. The lowest BCUT2D eigenvalue weighted by atomic mass is 10.0. The summed E-state index contributed by atoms with van der Waals surface area (Å²) in [7, 11) is -3.41. The monoisotopic (exact) mass is 322 g/mol. The van der Waals surface area contributed by atoms with E-state index in [4.69, 9.17) is 0 Å². The highest BCUT2D eigenvalue weighted by Gasteiger charge is 2.38. The molecule has 1 amide bonds. The van der Waals surface area contributed by atoms with E-state index in [0.29, 0.717) is 19.1 Å². The number of sulfonamides is 1. The summed E-state index contributed by atoms with van der Waals surface area (Å²) in [5, 5.41) is 0. The molecule has 0 N–H and O–H groups in total. The molecule has 2 aliphatic rings. The molecule has 0 unspecified atom stereocenters. The summed E-state index contributed by atoms with van der Waals surface area (Å²) in [4.78, 5) is 13.9. The maximum absolute atomic E-state index is 12.6. The van der Waals surface area contributed by atoms with E-state index in [1.807, 2.05) is 42.2 Å². The van der Waals surface area contributed by atoms with Crippen molar-refractivity contribution < 1.29 is 13.2 Å². The van der Waals surface area contributed by atoms with Crippen LogP contribution in [0.1, 0.15) is 31.2 Å². The van der Waals surface area contributed by atoms with E-state index in [1.165, 1.54) is 4.31 Å². The fourth-order valence-corrected chi connectivity index (χ4v) is 4.68. The average molecular weight is 322 g/mol. The number of nitrogens with zero attached hydrogens (tertiary/aromatic N) is 2. The molecule has 2 fully saturated rings. The summed E-state index contributed by atoms with van der Waals surface area (Å²) < 4.78 is 26.5. The first-order chi connectivity index (χ1) is 10.5. The predicted octanol–water partition coefficient (Wildman–Crippen LogP) is 1.43.